The average molecular weight is 298 g/mol. The predicted molar refractivity (Wildman–Crippen MR) is 83.3 cm³/mol. The standard InChI is InChI=1S/C17H19N3O2/c1-12-7-8-16(22-12)11-20(3)13(2)17(21)19-15-6-4-5-14(9-15)10-18/h4-9,13H,11H2,1-3H3,(H,19,21)/p+1/t13-/m0/s1. The van der Waals surface area contributed by atoms with Gasteiger partial charge in [0.1, 0.15) is 12.3 Å². The number of furan rings is 1. The molecule has 0 radical (unpaired) electrons. The molecule has 22 heavy (non-hydrogen) atoms. The number of amides is 1. The number of aryl methyl sites for hydroxylation is 1. The van der Waals surface area contributed by atoms with Gasteiger partial charge in [0.25, 0.3) is 5.91 Å². The first-order chi connectivity index (χ1) is 10.5. The summed E-state index contributed by atoms with van der Waals surface area (Å²) < 4.78 is 5.54. The predicted octanol–water partition coefficient (Wildman–Crippen LogP) is 1.50. The van der Waals surface area contributed by atoms with Gasteiger partial charge in [-0.25, -0.2) is 0 Å². The summed E-state index contributed by atoms with van der Waals surface area (Å²) in [7, 11) is 1.95. The molecule has 0 saturated heterocycles. The van der Waals surface area contributed by atoms with E-state index < -0.39 is 0 Å². The molecule has 2 atom stereocenters. The van der Waals surface area contributed by atoms with Crippen molar-refractivity contribution >= 4 is 11.6 Å². The summed E-state index contributed by atoms with van der Waals surface area (Å²) >= 11 is 0. The first-order valence-corrected chi connectivity index (χ1v) is 7.18. The Morgan fingerprint density at radius 3 is 2.82 bits per heavy atom. The van der Waals surface area contributed by atoms with E-state index in [9.17, 15) is 4.79 Å². The number of carbonyl (C=O) groups excluding carboxylic acids is 1. The summed E-state index contributed by atoms with van der Waals surface area (Å²) in [6.07, 6.45) is 0. The molecule has 2 N–H and O–H groups in total. The van der Waals surface area contributed by atoms with Crippen LogP contribution in [0.5, 0.6) is 0 Å². The summed E-state index contributed by atoms with van der Waals surface area (Å²) in [5.74, 6) is 1.64. The van der Waals surface area contributed by atoms with Crippen molar-refractivity contribution in [2.45, 2.75) is 26.4 Å². The van der Waals surface area contributed by atoms with Crippen molar-refractivity contribution in [2.24, 2.45) is 0 Å². The number of carbonyl (C=O) groups is 1. The van der Waals surface area contributed by atoms with Crippen molar-refractivity contribution < 1.29 is 14.1 Å². The third kappa shape index (κ3) is 3.96. The molecule has 0 aliphatic rings. The molecule has 5 heteroatoms. The second kappa shape index (κ2) is 6.92. The largest absolute Gasteiger partial charge is 0.460 e. The molecule has 1 aromatic heterocycles. The van der Waals surface area contributed by atoms with Crippen LogP contribution in [-0.2, 0) is 11.3 Å². The van der Waals surface area contributed by atoms with E-state index in [2.05, 4.69) is 11.4 Å². The number of hydrogen-bond acceptors (Lipinski definition) is 3. The van der Waals surface area contributed by atoms with E-state index in [0.29, 0.717) is 17.8 Å². The van der Waals surface area contributed by atoms with Gasteiger partial charge >= 0.3 is 0 Å². The number of quaternary nitrogens is 1. The van der Waals surface area contributed by atoms with Crippen molar-refractivity contribution in [1.29, 1.82) is 5.26 Å². The molecule has 1 unspecified atom stereocenters. The van der Waals surface area contributed by atoms with E-state index in [0.717, 1.165) is 16.4 Å². The van der Waals surface area contributed by atoms with Gasteiger partial charge in [0.15, 0.2) is 11.8 Å². The first-order valence-electron chi connectivity index (χ1n) is 7.18. The van der Waals surface area contributed by atoms with Gasteiger partial charge in [-0.1, -0.05) is 6.07 Å². The lowest BCUT2D eigenvalue weighted by molar-refractivity contribution is -0.908. The number of nitrogens with one attached hydrogen (secondary N) is 2. The zero-order valence-corrected chi connectivity index (χ0v) is 13.0. The second-order valence-corrected chi connectivity index (χ2v) is 5.44. The fourth-order valence-electron chi connectivity index (χ4n) is 2.15. The van der Waals surface area contributed by atoms with Crippen LogP contribution in [0, 0.1) is 18.3 Å². The molecular formula is C17H20N3O2+. The SMILES string of the molecule is Cc1ccc(C[NH+](C)[C@@H](C)C(=O)Nc2cccc(C#N)c2)o1. The van der Waals surface area contributed by atoms with Crippen molar-refractivity contribution in [3.8, 4) is 6.07 Å². The lowest BCUT2D eigenvalue weighted by Gasteiger charge is -2.20. The summed E-state index contributed by atoms with van der Waals surface area (Å²) in [6, 6.07) is 12.6. The highest BCUT2D eigenvalue weighted by Gasteiger charge is 2.23. The third-order valence-corrected chi connectivity index (χ3v) is 3.64. The maximum Gasteiger partial charge on any atom is 0.282 e. The Morgan fingerprint density at radius 1 is 1.41 bits per heavy atom. The Kier molecular flexibility index (Phi) is 4.97. The number of nitriles is 1. The Balaban J connectivity index is 1.97. The van der Waals surface area contributed by atoms with Gasteiger partial charge in [0, 0.05) is 5.69 Å². The monoisotopic (exact) mass is 298 g/mol. The maximum atomic E-state index is 12.3. The smallest absolute Gasteiger partial charge is 0.282 e. The summed E-state index contributed by atoms with van der Waals surface area (Å²) in [5.41, 5.74) is 1.16. The number of nitrogens with zero attached hydrogens (tertiary/aromatic N) is 1. The zero-order valence-electron chi connectivity index (χ0n) is 13.0. The van der Waals surface area contributed by atoms with Crippen LogP contribution in [0.2, 0.25) is 0 Å². The zero-order chi connectivity index (χ0) is 16.1. The van der Waals surface area contributed by atoms with Gasteiger partial charge in [0.05, 0.1) is 18.7 Å². The van der Waals surface area contributed by atoms with E-state index in [1.54, 1.807) is 24.3 Å². The number of hydrogen-bond donors (Lipinski definition) is 2. The first kappa shape index (κ1) is 15.8. The highest BCUT2D eigenvalue weighted by atomic mass is 16.3. The van der Waals surface area contributed by atoms with E-state index in [-0.39, 0.29) is 11.9 Å². The molecule has 1 heterocycles. The Bertz CT molecular complexity index is 700. The minimum atomic E-state index is -0.240. The Morgan fingerprint density at radius 2 is 2.18 bits per heavy atom. The van der Waals surface area contributed by atoms with Crippen LogP contribution >= 0.6 is 0 Å². The summed E-state index contributed by atoms with van der Waals surface area (Å²) in [5, 5.41) is 11.7. The molecule has 1 amide bonds. The normalized spacial score (nSPS) is 13.2. The average Bonchev–Trinajstić information content (AvgIpc) is 2.91. The van der Waals surface area contributed by atoms with Gasteiger partial charge < -0.3 is 14.6 Å². The number of likely N-dealkylation sites (N-methyl/N-ethyl adjacent to an activating group) is 1. The van der Waals surface area contributed by atoms with Gasteiger partial charge in [-0.3, -0.25) is 4.79 Å². The quantitative estimate of drug-likeness (QED) is 0.879. The second-order valence-electron chi connectivity index (χ2n) is 5.44. The van der Waals surface area contributed by atoms with E-state index in [1.165, 1.54) is 0 Å². The third-order valence-electron chi connectivity index (χ3n) is 3.64. The molecule has 114 valence electrons. The molecule has 0 bridgehead atoms. The molecule has 0 aliphatic carbocycles. The van der Waals surface area contributed by atoms with Crippen LogP contribution < -0.4 is 10.2 Å². The minimum Gasteiger partial charge on any atom is -0.460 e. The Hall–Kier alpha value is -2.58. The number of benzene rings is 1. The van der Waals surface area contributed by atoms with Gasteiger partial charge in [-0.2, -0.15) is 5.26 Å². The fourth-order valence-corrected chi connectivity index (χ4v) is 2.15. The van der Waals surface area contributed by atoms with Crippen LogP contribution in [0.15, 0.2) is 40.8 Å². The van der Waals surface area contributed by atoms with E-state index >= 15 is 0 Å². The van der Waals surface area contributed by atoms with E-state index in [1.807, 2.05) is 33.0 Å². The highest BCUT2D eigenvalue weighted by molar-refractivity contribution is 5.93. The fraction of sp³-hybridized carbons (Fsp3) is 0.294. The minimum absolute atomic E-state index is 0.0872. The molecule has 1 aromatic carbocycles. The van der Waals surface area contributed by atoms with Crippen molar-refractivity contribution in [1.82, 2.24) is 0 Å². The number of rotatable bonds is 5. The summed E-state index contributed by atoms with van der Waals surface area (Å²) in [4.78, 5) is 13.3. The molecule has 2 aromatic rings. The molecule has 2 rings (SSSR count). The topological polar surface area (TPSA) is 70.5 Å². The molecule has 0 saturated carbocycles. The number of anilines is 1. The van der Waals surface area contributed by atoms with Crippen molar-refractivity contribution in [2.75, 3.05) is 12.4 Å². The van der Waals surface area contributed by atoms with Gasteiger partial charge in [0.2, 0.25) is 0 Å². The van der Waals surface area contributed by atoms with Crippen LogP contribution in [0.4, 0.5) is 5.69 Å². The molecular weight excluding hydrogens is 278 g/mol. The van der Waals surface area contributed by atoms with Crippen molar-refractivity contribution in [3.63, 3.8) is 0 Å². The van der Waals surface area contributed by atoms with E-state index in [4.69, 9.17) is 9.68 Å². The van der Waals surface area contributed by atoms with Crippen LogP contribution in [0.1, 0.15) is 24.0 Å². The Labute approximate surface area is 130 Å². The highest BCUT2D eigenvalue weighted by Crippen LogP contribution is 2.10. The van der Waals surface area contributed by atoms with Crippen molar-refractivity contribution in [3.05, 3.63) is 53.5 Å². The lowest BCUT2D eigenvalue weighted by atomic mass is 10.2. The maximum absolute atomic E-state index is 12.3. The summed E-state index contributed by atoms with van der Waals surface area (Å²) in [6.45, 7) is 4.41. The molecule has 0 spiro atoms. The lowest BCUT2D eigenvalue weighted by Crippen LogP contribution is -3.12. The van der Waals surface area contributed by atoms with Crippen LogP contribution in [0.3, 0.4) is 0 Å². The molecule has 0 fully saturated rings. The molecule has 5 nitrogen and oxygen atoms in total. The van der Waals surface area contributed by atoms with Crippen LogP contribution in [0.25, 0.3) is 0 Å². The van der Waals surface area contributed by atoms with Crippen LogP contribution in [-0.4, -0.2) is 19.0 Å². The van der Waals surface area contributed by atoms with Gasteiger partial charge in [-0.05, 0) is 44.2 Å². The molecule has 0 aliphatic heterocycles. The van der Waals surface area contributed by atoms with Gasteiger partial charge in [-0.15, -0.1) is 0 Å².